The van der Waals surface area contributed by atoms with Crippen molar-refractivity contribution in [2.24, 2.45) is 0 Å². The molecule has 0 amide bonds. The quantitative estimate of drug-likeness (QED) is 0.651. The fourth-order valence-electron chi connectivity index (χ4n) is 0.675. The highest BCUT2D eigenvalue weighted by molar-refractivity contribution is 7.12. The van der Waals surface area contributed by atoms with Crippen LogP contribution in [0.5, 0.6) is 0 Å². The summed E-state index contributed by atoms with van der Waals surface area (Å²) in [7, 11) is 0. The van der Waals surface area contributed by atoms with Crippen molar-refractivity contribution in [1.29, 1.82) is 0 Å². The van der Waals surface area contributed by atoms with Gasteiger partial charge < -0.3 is 0 Å². The number of nitrogens with one attached hydrogen (secondary N) is 1. The van der Waals surface area contributed by atoms with Crippen LogP contribution in [0.4, 0.5) is 0 Å². The fraction of sp³-hybridized carbons (Fsp3) is 0. The van der Waals surface area contributed by atoms with Crippen LogP contribution in [-0.4, -0.2) is 25.6 Å². The SMILES string of the molecule is O=c1ccsc(-c2nn[nH]n2)n1. The summed E-state index contributed by atoms with van der Waals surface area (Å²) in [6.07, 6.45) is 0. The Morgan fingerprint density at radius 2 is 2.42 bits per heavy atom. The van der Waals surface area contributed by atoms with Gasteiger partial charge in [-0.25, -0.2) is 0 Å². The average Bonchev–Trinajstić information content (AvgIpc) is 2.56. The van der Waals surface area contributed by atoms with Crippen LogP contribution in [-0.2, 0) is 0 Å². The highest BCUT2D eigenvalue weighted by atomic mass is 32.1. The molecule has 2 heterocycles. The van der Waals surface area contributed by atoms with Crippen molar-refractivity contribution < 1.29 is 0 Å². The summed E-state index contributed by atoms with van der Waals surface area (Å²) in [5.74, 6) is 0.345. The zero-order valence-corrected chi connectivity index (χ0v) is 6.58. The number of hydrogen-bond donors (Lipinski definition) is 1. The molecule has 2 aromatic rings. The van der Waals surface area contributed by atoms with Crippen LogP contribution in [0.2, 0.25) is 0 Å². The summed E-state index contributed by atoms with van der Waals surface area (Å²) in [6.45, 7) is 0. The molecular weight excluding hydrogens is 178 g/mol. The molecule has 2 rings (SSSR count). The lowest BCUT2D eigenvalue weighted by Crippen LogP contribution is -2.02. The first-order valence-electron chi connectivity index (χ1n) is 3.06. The number of aromatic nitrogens is 5. The molecule has 0 fully saturated rings. The Morgan fingerprint density at radius 3 is 3.08 bits per heavy atom. The normalized spacial score (nSPS) is 10.0. The maximum Gasteiger partial charge on any atom is 0.271 e. The molecule has 0 saturated heterocycles. The van der Waals surface area contributed by atoms with E-state index >= 15 is 0 Å². The molecule has 0 spiro atoms. The van der Waals surface area contributed by atoms with Crippen molar-refractivity contribution in [2.45, 2.75) is 0 Å². The van der Waals surface area contributed by atoms with E-state index in [2.05, 4.69) is 25.6 Å². The minimum absolute atomic E-state index is 0.298. The summed E-state index contributed by atoms with van der Waals surface area (Å²) in [5.41, 5.74) is -0.298. The standard InChI is InChI=1S/C5H3N5OS/c11-3-1-2-12-5(6-3)4-7-9-10-8-4/h1-2H,(H,7,8,9,10). The van der Waals surface area contributed by atoms with E-state index in [0.717, 1.165) is 0 Å². The molecule has 0 saturated carbocycles. The van der Waals surface area contributed by atoms with E-state index in [0.29, 0.717) is 10.8 Å². The minimum atomic E-state index is -0.298. The molecule has 6 nitrogen and oxygen atoms in total. The Hall–Kier alpha value is -1.63. The Labute approximate surface area is 70.3 Å². The van der Waals surface area contributed by atoms with E-state index < -0.39 is 0 Å². The lowest BCUT2D eigenvalue weighted by atomic mass is 10.6. The highest BCUT2D eigenvalue weighted by Gasteiger charge is 2.04. The van der Waals surface area contributed by atoms with Crippen molar-refractivity contribution in [3.63, 3.8) is 0 Å². The largest absolute Gasteiger partial charge is 0.271 e. The maximum absolute atomic E-state index is 10.8. The molecule has 0 unspecified atom stereocenters. The first-order valence-corrected chi connectivity index (χ1v) is 3.94. The van der Waals surface area contributed by atoms with Gasteiger partial charge in [-0.15, -0.1) is 21.5 Å². The van der Waals surface area contributed by atoms with Crippen LogP contribution >= 0.6 is 11.3 Å². The predicted molar refractivity (Wildman–Crippen MR) is 41.6 cm³/mol. The lowest BCUT2D eigenvalue weighted by molar-refractivity contribution is 0.881. The van der Waals surface area contributed by atoms with Gasteiger partial charge in [0.25, 0.3) is 5.56 Å². The predicted octanol–water partition coefficient (Wildman–Crippen LogP) is -0.317. The second kappa shape index (κ2) is 2.78. The van der Waals surface area contributed by atoms with Gasteiger partial charge in [-0.05, 0) is 10.6 Å². The average molecular weight is 181 g/mol. The molecule has 7 heteroatoms. The van der Waals surface area contributed by atoms with E-state index in [1.165, 1.54) is 17.4 Å². The molecule has 0 bridgehead atoms. The van der Waals surface area contributed by atoms with Crippen molar-refractivity contribution in [1.82, 2.24) is 25.6 Å². The second-order valence-electron chi connectivity index (χ2n) is 1.91. The first kappa shape index (κ1) is 7.04. The number of aromatic amines is 1. The van der Waals surface area contributed by atoms with Crippen LogP contribution in [0.15, 0.2) is 16.2 Å². The molecule has 0 aliphatic heterocycles. The summed E-state index contributed by atoms with van der Waals surface area (Å²) in [4.78, 5) is 14.5. The number of hydrogen-bond acceptors (Lipinski definition) is 6. The van der Waals surface area contributed by atoms with E-state index in [9.17, 15) is 4.79 Å². The van der Waals surface area contributed by atoms with Gasteiger partial charge in [0.05, 0.1) is 0 Å². The Kier molecular flexibility index (Phi) is 1.63. The van der Waals surface area contributed by atoms with Crippen molar-refractivity contribution in [3.8, 4) is 10.8 Å². The number of H-pyrrole nitrogens is 1. The van der Waals surface area contributed by atoms with Crippen molar-refractivity contribution in [3.05, 3.63) is 21.8 Å². The van der Waals surface area contributed by atoms with Crippen LogP contribution in [0, 0.1) is 0 Å². The Bertz CT molecular complexity index is 421. The molecule has 12 heavy (non-hydrogen) atoms. The summed E-state index contributed by atoms with van der Waals surface area (Å²) in [6, 6.07) is 1.38. The highest BCUT2D eigenvalue weighted by Crippen LogP contribution is 2.11. The van der Waals surface area contributed by atoms with Crippen molar-refractivity contribution >= 4 is 11.3 Å². The zero-order valence-electron chi connectivity index (χ0n) is 5.76. The van der Waals surface area contributed by atoms with Gasteiger partial charge in [-0.1, -0.05) is 0 Å². The third-order valence-electron chi connectivity index (χ3n) is 1.14. The smallest absolute Gasteiger partial charge is 0.267 e. The van der Waals surface area contributed by atoms with Gasteiger partial charge in [0, 0.05) is 6.07 Å². The van der Waals surface area contributed by atoms with E-state index in [-0.39, 0.29) is 5.56 Å². The number of nitrogens with zero attached hydrogens (tertiary/aromatic N) is 4. The minimum Gasteiger partial charge on any atom is -0.267 e. The van der Waals surface area contributed by atoms with E-state index in [1.807, 2.05) is 0 Å². The Morgan fingerprint density at radius 1 is 1.50 bits per heavy atom. The van der Waals surface area contributed by atoms with Crippen LogP contribution < -0.4 is 5.56 Å². The van der Waals surface area contributed by atoms with Crippen LogP contribution in [0.1, 0.15) is 0 Å². The summed E-state index contributed by atoms with van der Waals surface area (Å²) >= 11 is 1.29. The van der Waals surface area contributed by atoms with E-state index in [1.54, 1.807) is 5.38 Å². The van der Waals surface area contributed by atoms with Gasteiger partial charge in [-0.3, -0.25) is 4.79 Å². The van der Waals surface area contributed by atoms with Gasteiger partial charge in [-0.2, -0.15) is 10.2 Å². The maximum atomic E-state index is 10.8. The molecule has 2 aromatic heterocycles. The van der Waals surface area contributed by atoms with Crippen LogP contribution in [0.25, 0.3) is 10.8 Å². The zero-order chi connectivity index (χ0) is 8.39. The fourth-order valence-corrected chi connectivity index (χ4v) is 1.32. The Balaban J connectivity index is 2.55. The molecule has 0 atom stereocenters. The molecule has 0 aliphatic rings. The third kappa shape index (κ3) is 1.21. The van der Waals surface area contributed by atoms with E-state index in [4.69, 9.17) is 0 Å². The topological polar surface area (TPSA) is 84.4 Å². The van der Waals surface area contributed by atoms with Gasteiger partial charge in [0.2, 0.25) is 5.82 Å². The lowest BCUT2D eigenvalue weighted by Gasteiger charge is -1.86. The summed E-state index contributed by atoms with van der Waals surface area (Å²) in [5, 5.41) is 15.1. The van der Waals surface area contributed by atoms with Gasteiger partial charge >= 0.3 is 0 Å². The monoisotopic (exact) mass is 181 g/mol. The molecule has 60 valence electrons. The van der Waals surface area contributed by atoms with Gasteiger partial charge in [0.1, 0.15) is 0 Å². The van der Waals surface area contributed by atoms with Crippen molar-refractivity contribution in [2.75, 3.05) is 0 Å². The number of tetrazole rings is 1. The first-order chi connectivity index (χ1) is 5.86. The molecule has 1 N–H and O–H groups in total. The molecular formula is C5H3N5OS. The number of rotatable bonds is 1. The molecule has 0 radical (unpaired) electrons. The third-order valence-corrected chi connectivity index (χ3v) is 1.91. The summed E-state index contributed by atoms with van der Waals surface area (Å²) < 4.78 is 0. The molecule has 0 aromatic carbocycles. The second-order valence-corrected chi connectivity index (χ2v) is 2.81. The van der Waals surface area contributed by atoms with Gasteiger partial charge in [0.15, 0.2) is 5.01 Å². The van der Waals surface area contributed by atoms with Crippen LogP contribution in [0.3, 0.4) is 0 Å². The molecule has 0 aliphatic carbocycles.